The van der Waals surface area contributed by atoms with Crippen molar-refractivity contribution in [2.45, 2.75) is 29.6 Å². The van der Waals surface area contributed by atoms with Crippen molar-refractivity contribution in [2.75, 3.05) is 30.7 Å². The number of benzene rings is 2. The van der Waals surface area contributed by atoms with E-state index in [4.69, 9.17) is 0 Å². The number of H-pyrrole nitrogens is 1. The van der Waals surface area contributed by atoms with Crippen LogP contribution in [0.4, 0.5) is 5.69 Å². The molecule has 31 heavy (non-hydrogen) atoms. The van der Waals surface area contributed by atoms with E-state index in [0.717, 1.165) is 29.7 Å². The number of hydrogen-bond acceptors (Lipinski definition) is 4. The summed E-state index contributed by atoms with van der Waals surface area (Å²) >= 11 is 0. The van der Waals surface area contributed by atoms with E-state index in [1.165, 1.54) is 6.20 Å². The molecule has 1 heterocycles. The molecule has 1 aromatic heterocycles. The van der Waals surface area contributed by atoms with Crippen LogP contribution in [0.25, 0.3) is 10.9 Å². The summed E-state index contributed by atoms with van der Waals surface area (Å²) in [4.78, 5) is 29.8. The summed E-state index contributed by atoms with van der Waals surface area (Å²) < 4.78 is 0. The maximum Gasteiger partial charge on any atom is 0.261 e. The molecule has 0 atom stereocenters. The standard InChI is InChI=1S/C24H28N2O4S/c1-31(2,3)21-11-17(24(14-27)9-6-10-24)19(12-20(21)28)26-23(30)16-13-25-18-8-5-4-7-15(18)22(16)29/h4-5,7-8,11-13,27-28H,6,9-10,14H2,1-3H3,(H,25,29)(H,26,30). The molecule has 2 aromatic carbocycles. The number of anilines is 1. The van der Waals surface area contributed by atoms with Gasteiger partial charge in [0.25, 0.3) is 5.91 Å². The van der Waals surface area contributed by atoms with Gasteiger partial charge in [0.05, 0.1) is 6.61 Å². The minimum Gasteiger partial charge on any atom is -0.507 e. The molecule has 4 N–H and O–H groups in total. The first-order chi connectivity index (χ1) is 14.7. The number of aliphatic hydroxyl groups excluding tert-OH is 1. The van der Waals surface area contributed by atoms with Crippen LogP contribution in [-0.4, -0.2) is 46.5 Å². The Morgan fingerprint density at radius 2 is 1.90 bits per heavy atom. The predicted molar refractivity (Wildman–Crippen MR) is 127 cm³/mol. The molecule has 4 rings (SSSR count). The van der Waals surface area contributed by atoms with Crippen molar-refractivity contribution in [3.8, 4) is 5.75 Å². The highest BCUT2D eigenvalue weighted by atomic mass is 32.3. The van der Waals surface area contributed by atoms with Gasteiger partial charge >= 0.3 is 0 Å². The fourth-order valence-electron chi connectivity index (χ4n) is 4.24. The molecule has 1 aliphatic rings. The lowest BCUT2D eigenvalue weighted by Gasteiger charge is -2.43. The van der Waals surface area contributed by atoms with E-state index >= 15 is 0 Å². The Hall–Kier alpha value is -2.77. The zero-order chi connectivity index (χ0) is 22.4. The molecule has 7 heteroatoms. The van der Waals surface area contributed by atoms with Crippen LogP contribution in [0.1, 0.15) is 35.2 Å². The Morgan fingerprint density at radius 3 is 2.52 bits per heavy atom. The van der Waals surface area contributed by atoms with Crippen molar-refractivity contribution in [1.29, 1.82) is 0 Å². The van der Waals surface area contributed by atoms with Crippen molar-refractivity contribution >= 4 is 32.5 Å². The lowest BCUT2D eigenvalue weighted by atomic mass is 9.64. The number of phenols is 1. The molecule has 1 aliphatic carbocycles. The Bertz CT molecular complexity index is 1220. The number of carbonyl (C=O) groups is 1. The average molecular weight is 441 g/mol. The molecule has 0 saturated heterocycles. The average Bonchev–Trinajstić information content (AvgIpc) is 2.68. The number of carbonyl (C=O) groups excluding carboxylic acids is 1. The topological polar surface area (TPSA) is 102 Å². The smallest absolute Gasteiger partial charge is 0.261 e. The van der Waals surface area contributed by atoms with Crippen molar-refractivity contribution in [1.82, 2.24) is 4.98 Å². The van der Waals surface area contributed by atoms with Crippen LogP contribution >= 0.6 is 10.0 Å². The van der Waals surface area contributed by atoms with E-state index < -0.39 is 21.4 Å². The van der Waals surface area contributed by atoms with E-state index in [2.05, 4.69) is 29.1 Å². The number of aromatic nitrogens is 1. The van der Waals surface area contributed by atoms with Gasteiger partial charge in [-0.3, -0.25) is 9.59 Å². The van der Waals surface area contributed by atoms with Gasteiger partial charge in [-0.25, -0.2) is 10.0 Å². The van der Waals surface area contributed by atoms with Gasteiger partial charge in [-0.05, 0) is 55.4 Å². The second-order valence-electron chi connectivity index (χ2n) is 9.03. The Morgan fingerprint density at radius 1 is 1.19 bits per heavy atom. The molecular weight excluding hydrogens is 412 g/mol. The number of fused-ring (bicyclic) bond motifs is 1. The highest BCUT2D eigenvalue weighted by Gasteiger charge is 2.41. The minimum atomic E-state index is -1.24. The molecule has 164 valence electrons. The highest BCUT2D eigenvalue weighted by Crippen LogP contribution is 2.54. The van der Waals surface area contributed by atoms with Crippen LogP contribution in [0.15, 0.2) is 52.3 Å². The van der Waals surface area contributed by atoms with E-state index in [1.807, 2.05) is 12.1 Å². The third-order valence-electron chi connectivity index (χ3n) is 6.22. The van der Waals surface area contributed by atoms with E-state index in [1.54, 1.807) is 24.3 Å². The number of nitrogens with one attached hydrogen (secondary N) is 2. The van der Waals surface area contributed by atoms with Gasteiger partial charge in [-0.2, -0.15) is 0 Å². The quantitative estimate of drug-likeness (QED) is 0.482. The molecular formula is C24H28N2O4S. The fraction of sp³-hybridized carbons (Fsp3) is 0.333. The number of hydrogen-bond donors (Lipinski definition) is 4. The van der Waals surface area contributed by atoms with Crippen LogP contribution < -0.4 is 10.7 Å². The Labute approximate surface area is 182 Å². The molecule has 1 amide bonds. The van der Waals surface area contributed by atoms with Crippen molar-refractivity contribution < 1.29 is 15.0 Å². The molecule has 0 unspecified atom stereocenters. The Kier molecular flexibility index (Phi) is 5.35. The number of para-hydroxylation sites is 1. The first kappa shape index (κ1) is 21.5. The number of pyridine rings is 1. The van der Waals surface area contributed by atoms with E-state index in [0.29, 0.717) is 16.6 Å². The molecule has 3 aromatic rings. The summed E-state index contributed by atoms with van der Waals surface area (Å²) in [5, 5.41) is 24.1. The summed E-state index contributed by atoms with van der Waals surface area (Å²) in [5.74, 6) is -0.433. The summed E-state index contributed by atoms with van der Waals surface area (Å²) in [6.45, 7) is -0.0316. The van der Waals surface area contributed by atoms with Crippen LogP contribution in [0.5, 0.6) is 5.75 Å². The maximum atomic E-state index is 13.1. The second kappa shape index (κ2) is 7.73. The highest BCUT2D eigenvalue weighted by molar-refractivity contribution is 8.32. The van der Waals surface area contributed by atoms with Crippen molar-refractivity contribution in [3.05, 3.63) is 63.9 Å². The predicted octanol–water partition coefficient (Wildman–Crippen LogP) is 3.95. The minimum absolute atomic E-state index is 0.00122. The number of amides is 1. The van der Waals surface area contributed by atoms with Crippen LogP contribution in [0, 0.1) is 0 Å². The van der Waals surface area contributed by atoms with Crippen LogP contribution in [-0.2, 0) is 5.41 Å². The summed E-state index contributed by atoms with van der Waals surface area (Å²) in [6, 6.07) is 10.5. The van der Waals surface area contributed by atoms with Crippen LogP contribution in [0.2, 0.25) is 0 Å². The SMILES string of the molecule is CS(C)(C)c1cc(C2(CO)CCC2)c(NC(=O)c2c[nH]c3ccccc3c2=O)cc1O. The van der Waals surface area contributed by atoms with Crippen molar-refractivity contribution in [2.24, 2.45) is 0 Å². The lowest BCUT2D eigenvalue weighted by molar-refractivity contribution is 0.102. The summed E-state index contributed by atoms with van der Waals surface area (Å²) in [7, 11) is -1.24. The molecule has 0 spiro atoms. The van der Waals surface area contributed by atoms with Gasteiger partial charge in [-0.15, -0.1) is 0 Å². The fourth-order valence-corrected chi connectivity index (χ4v) is 5.40. The maximum absolute atomic E-state index is 13.1. The third kappa shape index (κ3) is 3.72. The zero-order valence-corrected chi connectivity index (χ0v) is 18.8. The summed E-state index contributed by atoms with van der Waals surface area (Å²) in [6.07, 6.45) is 10.3. The van der Waals surface area contributed by atoms with Gasteiger partial charge in [0.1, 0.15) is 11.3 Å². The normalized spacial score (nSPS) is 16.0. The monoisotopic (exact) mass is 440 g/mol. The number of rotatable bonds is 5. The van der Waals surface area contributed by atoms with Gasteiger partial charge in [0.2, 0.25) is 5.43 Å². The molecule has 0 bridgehead atoms. The van der Waals surface area contributed by atoms with E-state index in [9.17, 15) is 19.8 Å². The molecule has 6 nitrogen and oxygen atoms in total. The van der Waals surface area contributed by atoms with Gasteiger partial charge in [-0.1, -0.05) is 18.6 Å². The zero-order valence-electron chi connectivity index (χ0n) is 18.0. The first-order valence-electron chi connectivity index (χ1n) is 10.2. The Balaban J connectivity index is 1.79. The number of aromatic hydroxyl groups is 1. The largest absolute Gasteiger partial charge is 0.507 e. The summed E-state index contributed by atoms with van der Waals surface area (Å²) in [5.41, 5.74) is 1.13. The van der Waals surface area contributed by atoms with Gasteiger partial charge in [0.15, 0.2) is 0 Å². The molecule has 1 fully saturated rings. The number of aliphatic hydroxyl groups is 1. The second-order valence-corrected chi connectivity index (χ2v) is 13.1. The first-order valence-corrected chi connectivity index (χ1v) is 13.1. The number of phenolic OH excluding ortho intramolecular Hbond substituents is 1. The molecule has 1 saturated carbocycles. The third-order valence-corrected chi connectivity index (χ3v) is 7.87. The van der Waals surface area contributed by atoms with Crippen molar-refractivity contribution in [3.63, 3.8) is 0 Å². The van der Waals surface area contributed by atoms with Crippen LogP contribution in [0.3, 0.4) is 0 Å². The molecule has 0 aliphatic heterocycles. The van der Waals surface area contributed by atoms with Gasteiger partial charge < -0.3 is 20.5 Å². The lowest BCUT2D eigenvalue weighted by Crippen LogP contribution is -2.39. The van der Waals surface area contributed by atoms with E-state index in [-0.39, 0.29) is 23.3 Å². The van der Waals surface area contributed by atoms with Gasteiger partial charge in [0, 0.05) is 39.2 Å². The number of aromatic amines is 1. The molecule has 0 radical (unpaired) electrons.